The topological polar surface area (TPSA) is 78.8 Å². The van der Waals surface area contributed by atoms with E-state index in [-0.39, 0.29) is 18.4 Å². The lowest BCUT2D eigenvalue weighted by Gasteiger charge is -2.34. The van der Waals surface area contributed by atoms with Crippen LogP contribution in [0.5, 0.6) is 0 Å². The second-order valence-electron chi connectivity index (χ2n) is 6.62. The molecule has 0 aliphatic carbocycles. The minimum Gasteiger partial charge on any atom is -0.394 e. The fourth-order valence-electron chi connectivity index (χ4n) is 3.44. The van der Waals surface area contributed by atoms with E-state index in [9.17, 15) is 15.0 Å². The van der Waals surface area contributed by atoms with E-state index in [4.69, 9.17) is 4.74 Å². The largest absolute Gasteiger partial charge is 0.394 e. The molecule has 0 unspecified atom stereocenters. The number of hydrogen-bond donors (Lipinski definition) is 3. The van der Waals surface area contributed by atoms with Gasteiger partial charge in [0, 0.05) is 18.9 Å². The van der Waals surface area contributed by atoms with Crippen LogP contribution in [0.1, 0.15) is 29.9 Å². The standard InChI is InChI=1S/C21H25NO4/c23-14-19-21(25)18(11-12-26-19)22-20(24)13-17(15-7-3-1-4-8-15)16-9-5-2-6-10-16/h1-10,17-19,21,23,25H,11-14H2,(H,22,24)/t18-,19+,21-/m0/s1. The number of benzene rings is 2. The summed E-state index contributed by atoms with van der Waals surface area (Å²) in [5, 5.41) is 22.4. The summed E-state index contributed by atoms with van der Waals surface area (Å²) in [6.07, 6.45) is -0.718. The van der Waals surface area contributed by atoms with Crippen molar-refractivity contribution >= 4 is 5.91 Å². The van der Waals surface area contributed by atoms with Crippen LogP contribution in [0.4, 0.5) is 0 Å². The SMILES string of the molecule is O=C(CC(c1ccccc1)c1ccccc1)N[C@H]1CCO[C@H](CO)[C@H]1O. The molecule has 0 aromatic heterocycles. The highest BCUT2D eigenvalue weighted by Crippen LogP contribution is 2.28. The van der Waals surface area contributed by atoms with Gasteiger partial charge in [0.05, 0.1) is 12.6 Å². The highest BCUT2D eigenvalue weighted by Gasteiger charge is 2.33. The third kappa shape index (κ3) is 4.49. The second kappa shape index (κ2) is 8.94. The first-order valence-corrected chi connectivity index (χ1v) is 8.99. The maximum absolute atomic E-state index is 12.7. The van der Waals surface area contributed by atoms with Gasteiger partial charge in [-0.1, -0.05) is 60.7 Å². The van der Waals surface area contributed by atoms with E-state index in [0.29, 0.717) is 19.4 Å². The summed E-state index contributed by atoms with van der Waals surface area (Å²) in [5.74, 6) is -0.173. The van der Waals surface area contributed by atoms with Crippen LogP contribution in [0.3, 0.4) is 0 Å². The predicted octanol–water partition coefficient (Wildman–Crippen LogP) is 1.84. The predicted molar refractivity (Wildman–Crippen MR) is 98.7 cm³/mol. The Morgan fingerprint density at radius 1 is 1.08 bits per heavy atom. The number of rotatable bonds is 6. The Morgan fingerprint density at radius 2 is 1.65 bits per heavy atom. The van der Waals surface area contributed by atoms with Crippen molar-refractivity contribution in [1.29, 1.82) is 0 Å². The summed E-state index contributed by atoms with van der Waals surface area (Å²) in [6.45, 7) is 0.151. The molecule has 26 heavy (non-hydrogen) atoms. The molecule has 1 aliphatic rings. The molecule has 5 nitrogen and oxygen atoms in total. The van der Waals surface area contributed by atoms with E-state index in [1.807, 2.05) is 60.7 Å². The first-order valence-electron chi connectivity index (χ1n) is 8.99. The zero-order valence-corrected chi connectivity index (χ0v) is 14.6. The molecule has 5 heteroatoms. The van der Waals surface area contributed by atoms with Crippen molar-refractivity contribution < 1.29 is 19.7 Å². The van der Waals surface area contributed by atoms with Gasteiger partial charge in [-0.15, -0.1) is 0 Å². The number of aliphatic hydroxyl groups excluding tert-OH is 2. The smallest absolute Gasteiger partial charge is 0.221 e. The van der Waals surface area contributed by atoms with E-state index in [2.05, 4.69) is 5.32 Å². The Kier molecular flexibility index (Phi) is 6.39. The fourth-order valence-corrected chi connectivity index (χ4v) is 3.44. The van der Waals surface area contributed by atoms with Crippen molar-refractivity contribution in [3.05, 3.63) is 71.8 Å². The zero-order valence-electron chi connectivity index (χ0n) is 14.6. The monoisotopic (exact) mass is 355 g/mol. The molecule has 3 N–H and O–H groups in total. The van der Waals surface area contributed by atoms with Crippen LogP contribution in [-0.2, 0) is 9.53 Å². The van der Waals surface area contributed by atoms with Crippen LogP contribution in [0.15, 0.2) is 60.7 Å². The van der Waals surface area contributed by atoms with E-state index in [1.54, 1.807) is 0 Å². The van der Waals surface area contributed by atoms with Gasteiger partial charge in [0.1, 0.15) is 12.2 Å². The molecule has 0 spiro atoms. The van der Waals surface area contributed by atoms with Crippen LogP contribution < -0.4 is 5.32 Å². The molecule has 1 aliphatic heterocycles. The van der Waals surface area contributed by atoms with Crippen LogP contribution in [0.25, 0.3) is 0 Å². The minimum atomic E-state index is -0.899. The summed E-state index contributed by atoms with van der Waals surface area (Å²) < 4.78 is 5.32. The molecule has 3 atom stereocenters. The van der Waals surface area contributed by atoms with Gasteiger partial charge in [-0.3, -0.25) is 4.79 Å². The van der Waals surface area contributed by atoms with Gasteiger partial charge in [0.25, 0.3) is 0 Å². The first kappa shape index (κ1) is 18.6. The van der Waals surface area contributed by atoms with Crippen molar-refractivity contribution in [2.45, 2.75) is 37.0 Å². The average molecular weight is 355 g/mol. The van der Waals surface area contributed by atoms with Crippen LogP contribution >= 0.6 is 0 Å². The number of nitrogens with one attached hydrogen (secondary N) is 1. The van der Waals surface area contributed by atoms with Gasteiger partial charge < -0.3 is 20.3 Å². The number of carbonyl (C=O) groups excluding carboxylic acids is 1. The fraction of sp³-hybridized carbons (Fsp3) is 0.381. The van der Waals surface area contributed by atoms with Crippen LogP contribution in [-0.4, -0.2) is 47.6 Å². The first-order chi connectivity index (χ1) is 12.7. The molecule has 1 amide bonds. The number of carbonyl (C=O) groups is 1. The molecular formula is C21H25NO4. The van der Waals surface area contributed by atoms with Gasteiger partial charge in [-0.25, -0.2) is 0 Å². The minimum absolute atomic E-state index is 0.0528. The number of ether oxygens (including phenoxy) is 1. The molecule has 3 rings (SSSR count). The third-order valence-corrected chi connectivity index (χ3v) is 4.87. The van der Waals surface area contributed by atoms with Crippen LogP contribution in [0.2, 0.25) is 0 Å². The highest BCUT2D eigenvalue weighted by atomic mass is 16.5. The molecule has 1 saturated heterocycles. The molecule has 1 heterocycles. The summed E-state index contributed by atoms with van der Waals surface area (Å²) in [5.41, 5.74) is 2.16. The summed E-state index contributed by atoms with van der Waals surface area (Å²) in [7, 11) is 0. The second-order valence-corrected chi connectivity index (χ2v) is 6.62. The molecule has 1 fully saturated rings. The van der Waals surface area contributed by atoms with E-state index in [1.165, 1.54) is 0 Å². The normalized spacial score (nSPS) is 23.0. The average Bonchev–Trinajstić information content (AvgIpc) is 2.69. The molecule has 0 radical (unpaired) electrons. The quantitative estimate of drug-likeness (QED) is 0.739. The summed E-state index contributed by atoms with van der Waals surface area (Å²) in [6, 6.07) is 19.5. The Bertz CT molecular complexity index is 652. The lowest BCUT2D eigenvalue weighted by atomic mass is 9.88. The van der Waals surface area contributed by atoms with Gasteiger partial charge in [-0.05, 0) is 17.5 Å². The zero-order chi connectivity index (χ0) is 18.4. The summed E-state index contributed by atoms with van der Waals surface area (Å²) >= 11 is 0. The van der Waals surface area contributed by atoms with Crippen molar-refractivity contribution in [1.82, 2.24) is 5.32 Å². The van der Waals surface area contributed by atoms with Crippen molar-refractivity contribution in [3.63, 3.8) is 0 Å². The van der Waals surface area contributed by atoms with Gasteiger partial charge >= 0.3 is 0 Å². The maximum Gasteiger partial charge on any atom is 0.221 e. The lowest BCUT2D eigenvalue weighted by molar-refractivity contribution is -0.131. The molecule has 0 saturated carbocycles. The molecular weight excluding hydrogens is 330 g/mol. The van der Waals surface area contributed by atoms with E-state index in [0.717, 1.165) is 11.1 Å². The number of hydrogen-bond acceptors (Lipinski definition) is 4. The number of aliphatic hydroxyl groups is 2. The van der Waals surface area contributed by atoms with Gasteiger partial charge in [0.15, 0.2) is 0 Å². The highest BCUT2D eigenvalue weighted by molar-refractivity contribution is 5.78. The molecule has 0 bridgehead atoms. The van der Waals surface area contributed by atoms with Crippen LogP contribution in [0, 0.1) is 0 Å². The third-order valence-electron chi connectivity index (χ3n) is 4.87. The van der Waals surface area contributed by atoms with Gasteiger partial charge in [-0.2, -0.15) is 0 Å². The Labute approximate surface area is 153 Å². The van der Waals surface area contributed by atoms with E-state index >= 15 is 0 Å². The van der Waals surface area contributed by atoms with Crippen molar-refractivity contribution in [2.75, 3.05) is 13.2 Å². The molecule has 138 valence electrons. The Morgan fingerprint density at radius 3 is 2.19 bits per heavy atom. The van der Waals surface area contributed by atoms with E-state index < -0.39 is 18.2 Å². The lowest BCUT2D eigenvalue weighted by Crippen LogP contribution is -2.54. The van der Waals surface area contributed by atoms with Crippen molar-refractivity contribution in [2.24, 2.45) is 0 Å². The van der Waals surface area contributed by atoms with Gasteiger partial charge in [0.2, 0.25) is 5.91 Å². The molecule has 2 aromatic rings. The summed E-state index contributed by atoms with van der Waals surface area (Å²) in [4.78, 5) is 12.7. The molecule has 2 aromatic carbocycles. The Balaban J connectivity index is 1.72. The van der Waals surface area contributed by atoms with Crippen molar-refractivity contribution in [3.8, 4) is 0 Å². The Hall–Kier alpha value is -2.21. The maximum atomic E-state index is 12.7. The number of amides is 1.